The van der Waals surface area contributed by atoms with E-state index in [4.69, 9.17) is 17.0 Å². The summed E-state index contributed by atoms with van der Waals surface area (Å²) >= 11 is 5.35. The first-order chi connectivity index (χ1) is 12.2. The number of ether oxygens (including phenoxy) is 1. The van der Waals surface area contributed by atoms with Crippen LogP contribution in [-0.2, 0) is 9.53 Å². The topological polar surface area (TPSA) is 58.0 Å². The molecule has 2 aliphatic rings. The minimum atomic E-state index is 0.209. The number of thiocarbonyl (C=S) groups is 1. The summed E-state index contributed by atoms with van der Waals surface area (Å²) < 4.78 is 5.37. The number of amides is 1. The van der Waals surface area contributed by atoms with Gasteiger partial charge in [-0.15, -0.1) is 0 Å². The molecule has 1 amide bonds. The summed E-state index contributed by atoms with van der Waals surface area (Å²) in [6, 6.07) is 7.87. The number of benzene rings is 1. The highest BCUT2D eigenvalue weighted by Crippen LogP contribution is 2.22. The van der Waals surface area contributed by atoms with Crippen molar-refractivity contribution in [1.82, 2.24) is 5.32 Å². The first-order valence-electron chi connectivity index (χ1n) is 9.09. The Balaban J connectivity index is 1.36. The van der Waals surface area contributed by atoms with E-state index in [0.717, 1.165) is 70.2 Å². The number of anilines is 2. The van der Waals surface area contributed by atoms with Crippen LogP contribution in [0.4, 0.5) is 11.4 Å². The quantitative estimate of drug-likeness (QED) is 0.505. The van der Waals surface area contributed by atoms with Crippen molar-refractivity contribution in [2.75, 3.05) is 56.2 Å². The molecule has 6 nitrogen and oxygen atoms in total. The lowest BCUT2D eigenvalue weighted by Crippen LogP contribution is -3.14. The van der Waals surface area contributed by atoms with Gasteiger partial charge in [0, 0.05) is 37.3 Å². The molecule has 0 aromatic heterocycles. The Hall–Kier alpha value is -1.70. The van der Waals surface area contributed by atoms with Crippen molar-refractivity contribution in [2.45, 2.75) is 19.3 Å². The summed E-state index contributed by atoms with van der Waals surface area (Å²) in [5, 5.41) is 7.10. The van der Waals surface area contributed by atoms with Crippen molar-refractivity contribution in [3.05, 3.63) is 24.3 Å². The second kappa shape index (κ2) is 9.12. The number of rotatable bonds is 6. The molecule has 136 valence electrons. The number of nitrogens with one attached hydrogen (secondary N) is 3. The summed E-state index contributed by atoms with van der Waals surface area (Å²) in [5.74, 6) is 0.209. The minimum absolute atomic E-state index is 0.209. The average Bonchev–Trinajstić information content (AvgIpc) is 3.06. The van der Waals surface area contributed by atoms with E-state index in [1.54, 1.807) is 4.90 Å². The van der Waals surface area contributed by atoms with E-state index in [1.165, 1.54) is 0 Å². The van der Waals surface area contributed by atoms with Gasteiger partial charge in [-0.05, 0) is 42.9 Å². The maximum absolute atomic E-state index is 11.8. The summed E-state index contributed by atoms with van der Waals surface area (Å²) in [6.45, 7) is 6.80. The van der Waals surface area contributed by atoms with E-state index in [1.807, 2.05) is 29.2 Å². The number of morpholine rings is 1. The van der Waals surface area contributed by atoms with Gasteiger partial charge in [-0.3, -0.25) is 4.79 Å². The highest BCUT2D eigenvalue weighted by molar-refractivity contribution is 7.80. The monoisotopic (exact) mass is 363 g/mol. The van der Waals surface area contributed by atoms with E-state index >= 15 is 0 Å². The maximum atomic E-state index is 11.8. The van der Waals surface area contributed by atoms with Crippen LogP contribution in [0.2, 0.25) is 0 Å². The van der Waals surface area contributed by atoms with Crippen molar-refractivity contribution >= 4 is 34.6 Å². The van der Waals surface area contributed by atoms with Gasteiger partial charge >= 0.3 is 0 Å². The Kier molecular flexibility index (Phi) is 6.61. The van der Waals surface area contributed by atoms with Crippen LogP contribution in [-0.4, -0.2) is 57.0 Å². The molecular formula is C18H27N4O2S+. The molecule has 1 aromatic carbocycles. The first kappa shape index (κ1) is 18.1. The van der Waals surface area contributed by atoms with Gasteiger partial charge in [0.25, 0.3) is 0 Å². The minimum Gasteiger partial charge on any atom is -0.370 e. The lowest BCUT2D eigenvalue weighted by molar-refractivity contribution is -0.908. The van der Waals surface area contributed by atoms with Crippen molar-refractivity contribution in [3.63, 3.8) is 0 Å². The molecule has 0 unspecified atom stereocenters. The van der Waals surface area contributed by atoms with Gasteiger partial charge in [0.2, 0.25) is 5.91 Å². The van der Waals surface area contributed by atoms with Crippen LogP contribution >= 0.6 is 12.2 Å². The Morgan fingerprint density at radius 1 is 1.24 bits per heavy atom. The van der Waals surface area contributed by atoms with E-state index < -0.39 is 0 Å². The molecule has 7 heteroatoms. The van der Waals surface area contributed by atoms with Gasteiger partial charge in [-0.1, -0.05) is 0 Å². The zero-order valence-electron chi connectivity index (χ0n) is 14.6. The van der Waals surface area contributed by atoms with Gasteiger partial charge in [0.05, 0.1) is 19.8 Å². The molecule has 0 spiro atoms. The van der Waals surface area contributed by atoms with Crippen molar-refractivity contribution in [2.24, 2.45) is 0 Å². The molecule has 3 N–H and O–H groups in total. The second-order valence-electron chi connectivity index (χ2n) is 6.54. The predicted molar refractivity (Wildman–Crippen MR) is 103 cm³/mol. The summed E-state index contributed by atoms with van der Waals surface area (Å²) in [4.78, 5) is 15.2. The highest BCUT2D eigenvalue weighted by atomic mass is 32.1. The number of quaternary nitrogens is 1. The molecule has 25 heavy (non-hydrogen) atoms. The fourth-order valence-electron chi connectivity index (χ4n) is 3.27. The van der Waals surface area contributed by atoms with Crippen LogP contribution in [0, 0.1) is 0 Å². The molecule has 2 aliphatic heterocycles. The standard InChI is InChI=1S/C18H26N4O2S/c23-17-3-1-10-22(17)16-6-4-15(5-7-16)20-18(25)19-8-2-9-21-11-13-24-14-12-21/h4-7H,1-3,8-14H2,(H2,19,20,25)/p+1. The number of hydrogen-bond donors (Lipinski definition) is 3. The fraction of sp³-hybridized carbons (Fsp3) is 0.556. The number of carbonyl (C=O) groups excluding carboxylic acids is 1. The summed E-state index contributed by atoms with van der Waals surface area (Å²) in [5.41, 5.74) is 1.90. The molecule has 0 saturated carbocycles. The summed E-state index contributed by atoms with van der Waals surface area (Å²) in [7, 11) is 0. The van der Waals surface area contributed by atoms with Gasteiger partial charge in [-0.25, -0.2) is 0 Å². The summed E-state index contributed by atoms with van der Waals surface area (Å²) in [6.07, 6.45) is 2.69. The normalized spacial score (nSPS) is 18.4. The molecule has 0 aliphatic carbocycles. The Labute approximate surface area is 154 Å². The molecule has 0 bridgehead atoms. The van der Waals surface area contributed by atoms with Gasteiger partial charge in [0.15, 0.2) is 5.11 Å². The zero-order chi connectivity index (χ0) is 17.5. The maximum Gasteiger partial charge on any atom is 0.227 e. The third-order valence-electron chi connectivity index (χ3n) is 4.70. The molecule has 1 aromatic rings. The first-order valence-corrected chi connectivity index (χ1v) is 9.50. The zero-order valence-corrected chi connectivity index (χ0v) is 15.4. The molecule has 3 rings (SSSR count). The number of hydrogen-bond acceptors (Lipinski definition) is 3. The highest BCUT2D eigenvalue weighted by Gasteiger charge is 2.21. The van der Waals surface area contributed by atoms with Crippen LogP contribution < -0.4 is 20.4 Å². The molecule has 2 saturated heterocycles. The molecular weight excluding hydrogens is 336 g/mol. The van der Waals surface area contributed by atoms with Crippen LogP contribution in [0.15, 0.2) is 24.3 Å². The average molecular weight is 364 g/mol. The largest absolute Gasteiger partial charge is 0.370 e. The molecule has 0 radical (unpaired) electrons. The Bertz CT molecular complexity index is 587. The SMILES string of the molecule is O=C1CCCN1c1ccc(NC(=S)NCCC[NH+]2CCOCC2)cc1. The van der Waals surface area contributed by atoms with Crippen LogP contribution in [0.25, 0.3) is 0 Å². The van der Waals surface area contributed by atoms with E-state index in [9.17, 15) is 4.79 Å². The van der Waals surface area contributed by atoms with Crippen LogP contribution in [0.5, 0.6) is 0 Å². The number of nitrogens with zero attached hydrogens (tertiary/aromatic N) is 1. The van der Waals surface area contributed by atoms with Gasteiger partial charge < -0.3 is 25.2 Å². The van der Waals surface area contributed by atoms with Crippen molar-refractivity contribution < 1.29 is 14.4 Å². The van der Waals surface area contributed by atoms with E-state index in [-0.39, 0.29) is 5.91 Å². The molecule has 0 atom stereocenters. The predicted octanol–water partition coefficient (Wildman–Crippen LogP) is 0.405. The number of carbonyl (C=O) groups is 1. The van der Waals surface area contributed by atoms with Crippen molar-refractivity contribution in [3.8, 4) is 0 Å². The lowest BCUT2D eigenvalue weighted by Gasteiger charge is -2.23. The Morgan fingerprint density at radius 2 is 2.00 bits per heavy atom. The molecule has 2 fully saturated rings. The third-order valence-corrected chi connectivity index (χ3v) is 4.95. The van der Waals surface area contributed by atoms with Crippen LogP contribution in [0.3, 0.4) is 0 Å². The fourth-order valence-corrected chi connectivity index (χ4v) is 3.49. The van der Waals surface area contributed by atoms with Gasteiger partial charge in [-0.2, -0.15) is 0 Å². The smallest absolute Gasteiger partial charge is 0.227 e. The second-order valence-corrected chi connectivity index (χ2v) is 6.95. The van der Waals surface area contributed by atoms with Crippen molar-refractivity contribution in [1.29, 1.82) is 0 Å². The molecule has 2 heterocycles. The van der Waals surface area contributed by atoms with E-state index in [0.29, 0.717) is 11.5 Å². The third kappa shape index (κ3) is 5.39. The van der Waals surface area contributed by atoms with Gasteiger partial charge in [0.1, 0.15) is 13.1 Å². The Morgan fingerprint density at radius 3 is 2.68 bits per heavy atom. The van der Waals surface area contributed by atoms with Crippen LogP contribution in [0.1, 0.15) is 19.3 Å². The lowest BCUT2D eigenvalue weighted by atomic mass is 10.2. The van der Waals surface area contributed by atoms with E-state index in [2.05, 4.69) is 10.6 Å².